The summed E-state index contributed by atoms with van der Waals surface area (Å²) in [7, 11) is 0. The molecule has 0 spiro atoms. The van der Waals surface area contributed by atoms with E-state index in [1.165, 1.54) is 49.7 Å². The lowest BCUT2D eigenvalue weighted by Gasteiger charge is -2.34. The fourth-order valence-electron chi connectivity index (χ4n) is 9.06. The van der Waals surface area contributed by atoms with Crippen LogP contribution in [0.3, 0.4) is 0 Å². The molecule has 8 aromatic carbocycles. The molecular weight excluding hydrogens is 681 g/mol. The fourth-order valence-corrected chi connectivity index (χ4v) is 9.06. The zero-order valence-electron chi connectivity index (χ0n) is 30.5. The van der Waals surface area contributed by atoms with Gasteiger partial charge in [-0.1, -0.05) is 188 Å². The lowest BCUT2D eigenvalue weighted by atomic mass is 9.67. The van der Waals surface area contributed by atoms with Gasteiger partial charge in [-0.3, -0.25) is 4.57 Å². The van der Waals surface area contributed by atoms with E-state index in [0.29, 0.717) is 0 Å². The molecule has 11 rings (SSSR count). The highest BCUT2D eigenvalue weighted by Crippen LogP contribution is 2.57. The van der Waals surface area contributed by atoms with Crippen LogP contribution in [-0.4, -0.2) is 16.4 Å². The summed E-state index contributed by atoms with van der Waals surface area (Å²) in [6.45, 7) is 0. The Morgan fingerprint density at radius 2 is 1.00 bits per heavy atom. The molecule has 2 aliphatic rings. The third kappa shape index (κ3) is 4.93. The van der Waals surface area contributed by atoms with E-state index in [-0.39, 0.29) is 0 Å². The maximum absolute atomic E-state index is 5.44. The van der Waals surface area contributed by atoms with Crippen molar-refractivity contribution in [3.63, 3.8) is 0 Å². The van der Waals surface area contributed by atoms with Crippen LogP contribution < -0.4 is 5.32 Å². The predicted octanol–water partition coefficient (Wildman–Crippen LogP) is 11.8. The SMILES string of the molecule is c1ccc(C2=NC(c3ccccc3)N=C(n3c4cc(-c5ccccc5)ccc4c4cc5c(cc43)C(c3ccccc3)(c3ccccc3)c3ccccc3-5)N2)cc1. The van der Waals surface area contributed by atoms with E-state index in [1.54, 1.807) is 0 Å². The Morgan fingerprint density at radius 3 is 1.68 bits per heavy atom. The lowest BCUT2D eigenvalue weighted by Crippen LogP contribution is -2.39. The summed E-state index contributed by atoms with van der Waals surface area (Å²) in [5.74, 6) is 1.52. The summed E-state index contributed by atoms with van der Waals surface area (Å²) >= 11 is 0. The number of nitrogens with one attached hydrogen (secondary N) is 1. The van der Waals surface area contributed by atoms with E-state index in [0.717, 1.165) is 39.5 Å². The van der Waals surface area contributed by atoms with Crippen LogP contribution in [0.1, 0.15) is 39.5 Å². The Morgan fingerprint density at radius 1 is 0.429 bits per heavy atom. The standard InChI is InChI=1S/C52H36N4/c1-6-18-35(19-7-1)38-30-31-42-44-33-43-41-28-16-17-29-45(41)52(39-24-12-4-13-25-39,40-26-14-5-15-27-40)46(43)34-48(44)56(47(42)32-38)51-54-49(36-20-8-2-9-21-36)53-50(55-51)37-22-10-3-11-23-37/h1-34,49H,(H,53,54,55). The van der Waals surface area contributed by atoms with Gasteiger partial charge in [0.2, 0.25) is 5.96 Å². The number of nitrogens with zero attached hydrogens (tertiary/aromatic N) is 3. The van der Waals surface area contributed by atoms with Crippen LogP contribution in [0.4, 0.5) is 0 Å². The Balaban J connectivity index is 1.25. The highest BCUT2D eigenvalue weighted by atomic mass is 15.3. The van der Waals surface area contributed by atoms with Gasteiger partial charge in [0, 0.05) is 16.3 Å². The number of aliphatic imine (C=N–C) groups is 2. The molecule has 4 heteroatoms. The average molecular weight is 717 g/mol. The van der Waals surface area contributed by atoms with Crippen molar-refractivity contribution in [2.45, 2.75) is 11.6 Å². The summed E-state index contributed by atoms with van der Waals surface area (Å²) in [6, 6.07) is 74.1. The van der Waals surface area contributed by atoms with Crippen LogP contribution in [0.5, 0.6) is 0 Å². The Bertz CT molecular complexity index is 2930. The van der Waals surface area contributed by atoms with E-state index in [4.69, 9.17) is 9.98 Å². The quantitative estimate of drug-likeness (QED) is 0.189. The van der Waals surface area contributed by atoms with Crippen molar-refractivity contribution in [2.75, 3.05) is 0 Å². The van der Waals surface area contributed by atoms with Gasteiger partial charge in [-0.15, -0.1) is 0 Å². The molecule has 1 aromatic heterocycles. The minimum absolute atomic E-state index is 0.432. The zero-order chi connectivity index (χ0) is 37.1. The average Bonchev–Trinajstić information content (AvgIpc) is 3.76. The maximum Gasteiger partial charge on any atom is 0.211 e. The molecule has 1 aliphatic heterocycles. The summed E-state index contributed by atoms with van der Waals surface area (Å²) in [5, 5.41) is 6.09. The van der Waals surface area contributed by atoms with Gasteiger partial charge in [0.15, 0.2) is 6.17 Å². The molecule has 4 nitrogen and oxygen atoms in total. The minimum Gasteiger partial charge on any atom is -0.310 e. The highest BCUT2D eigenvalue weighted by Gasteiger charge is 2.46. The largest absolute Gasteiger partial charge is 0.310 e. The Labute approximate surface area is 325 Å². The first-order valence-corrected chi connectivity index (χ1v) is 19.2. The van der Waals surface area contributed by atoms with Crippen LogP contribution in [0.2, 0.25) is 0 Å². The molecule has 1 aliphatic carbocycles. The molecule has 264 valence electrons. The molecule has 0 fully saturated rings. The summed E-state index contributed by atoms with van der Waals surface area (Å²) < 4.78 is 2.34. The molecular formula is C52H36N4. The summed E-state index contributed by atoms with van der Waals surface area (Å²) in [4.78, 5) is 10.6. The molecule has 2 heterocycles. The molecule has 56 heavy (non-hydrogen) atoms. The first-order valence-electron chi connectivity index (χ1n) is 19.2. The van der Waals surface area contributed by atoms with Crippen molar-refractivity contribution in [1.29, 1.82) is 0 Å². The number of rotatable bonds is 5. The second kappa shape index (κ2) is 12.9. The van der Waals surface area contributed by atoms with E-state index < -0.39 is 11.6 Å². The zero-order valence-corrected chi connectivity index (χ0v) is 30.5. The number of hydrogen-bond donors (Lipinski definition) is 1. The van der Waals surface area contributed by atoms with Crippen LogP contribution in [-0.2, 0) is 5.41 Å². The maximum atomic E-state index is 5.44. The van der Waals surface area contributed by atoms with Crippen molar-refractivity contribution < 1.29 is 0 Å². The smallest absolute Gasteiger partial charge is 0.211 e. The van der Waals surface area contributed by atoms with Gasteiger partial charge in [-0.05, 0) is 68.3 Å². The van der Waals surface area contributed by atoms with Gasteiger partial charge in [0.05, 0.1) is 16.4 Å². The van der Waals surface area contributed by atoms with Crippen molar-refractivity contribution in [3.05, 3.63) is 240 Å². The number of aromatic nitrogens is 1. The van der Waals surface area contributed by atoms with Gasteiger partial charge >= 0.3 is 0 Å². The molecule has 1 N–H and O–H groups in total. The third-order valence-corrected chi connectivity index (χ3v) is 11.5. The van der Waals surface area contributed by atoms with Crippen molar-refractivity contribution >= 4 is 33.6 Å². The molecule has 1 unspecified atom stereocenters. The van der Waals surface area contributed by atoms with Crippen molar-refractivity contribution in [1.82, 2.24) is 9.88 Å². The first kappa shape index (κ1) is 32.2. The van der Waals surface area contributed by atoms with Gasteiger partial charge < -0.3 is 5.32 Å². The second-order valence-electron chi connectivity index (χ2n) is 14.6. The number of hydrogen-bond acceptors (Lipinski definition) is 3. The van der Waals surface area contributed by atoms with E-state index in [1.807, 2.05) is 12.1 Å². The van der Waals surface area contributed by atoms with E-state index in [9.17, 15) is 0 Å². The molecule has 0 amide bonds. The predicted molar refractivity (Wildman–Crippen MR) is 230 cm³/mol. The Hall–Kier alpha value is -7.30. The van der Waals surface area contributed by atoms with Crippen LogP contribution in [0.25, 0.3) is 44.1 Å². The third-order valence-electron chi connectivity index (χ3n) is 11.5. The molecule has 0 saturated carbocycles. The van der Waals surface area contributed by atoms with E-state index >= 15 is 0 Å². The monoisotopic (exact) mass is 716 g/mol. The molecule has 9 aromatic rings. The van der Waals surface area contributed by atoms with Gasteiger partial charge in [-0.2, -0.15) is 0 Å². The fraction of sp³-hybridized carbons (Fsp3) is 0.0385. The topological polar surface area (TPSA) is 41.7 Å². The van der Waals surface area contributed by atoms with Crippen LogP contribution in [0.15, 0.2) is 216 Å². The number of benzene rings is 8. The lowest BCUT2D eigenvalue weighted by molar-refractivity contribution is 0.745. The summed E-state index contributed by atoms with van der Waals surface area (Å²) in [5.41, 5.74) is 13.5. The summed E-state index contributed by atoms with van der Waals surface area (Å²) in [6.07, 6.45) is -0.432. The molecule has 0 bridgehead atoms. The second-order valence-corrected chi connectivity index (χ2v) is 14.6. The number of fused-ring (bicyclic) bond motifs is 6. The Kier molecular flexibility index (Phi) is 7.42. The molecule has 1 atom stereocenters. The van der Waals surface area contributed by atoms with Gasteiger partial charge in [-0.25, -0.2) is 9.98 Å². The molecule has 0 saturated heterocycles. The van der Waals surface area contributed by atoms with Gasteiger partial charge in [0.25, 0.3) is 0 Å². The normalized spacial score (nSPS) is 15.5. The van der Waals surface area contributed by atoms with E-state index in [2.05, 4.69) is 204 Å². The van der Waals surface area contributed by atoms with Gasteiger partial charge in [0.1, 0.15) is 5.84 Å². The van der Waals surface area contributed by atoms with Crippen molar-refractivity contribution in [2.24, 2.45) is 9.98 Å². The molecule has 0 radical (unpaired) electrons. The highest BCUT2D eigenvalue weighted by molar-refractivity contribution is 6.20. The van der Waals surface area contributed by atoms with Crippen LogP contribution >= 0.6 is 0 Å². The first-order chi connectivity index (χ1) is 27.8. The van der Waals surface area contributed by atoms with Crippen LogP contribution in [0, 0.1) is 0 Å². The minimum atomic E-state index is -0.538. The van der Waals surface area contributed by atoms with Crippen molar-refractivity contribution in [3.8, 4) is 22.3 Å². The number of amidine groups is 1.